The second kappa shape index (κ2) is 5.40. The van der Waals surface area contributed by atoms with E-state index in [2.05, 4.69) is 12.1 Å². The van der Waals surface area contributed by atoms with E-state index in [9.17, 15) is 0 Å². The van der Waals surface area contributed by atoms with Crippen molar-refractivity contribution in [1.82, 2.24) is 0 Å². The molecular weight excluding hydrogens is 176 g/mol. The highest BCUT2D eigenvalue weighted by Crippen LogP contribution is 2.04. The van der Waals surface area contributed by atoms with Crippen LogP contribution in [-0.4, -0.2) is 12.3 Å². The van der Waals surface area contributed by atoms with Gasteiger partial charge in [0.15, 0.2) is 0 Å². The summed E-state index contributed by atoms with van der Waals surface area (Å²) in [4.78, 5) is 5.06. The zero-order valence-electron chi connectivity index (χ0n) is 8.60. The zero-order chi connectivity index (χ0) is 10.4. The molecule has 0 fully saturated rings. The quantitative estimate of drug-likeness (QED) is 0.584. The van der Waals surface area contributed by atoms with Gasteiger partial charge in [0.25, 0.3) is 0 Å². The normalized spacial score (nSPS) is 13.1. The number of benzene rings is 1. The standard InChI is InChI=1S/C11H16N2O/c1-9-3-5-11(6-4-9)8-14-13-7-10(2)12/h3-7,10H,8,12H2,1-2H3. The molecule has 0 aliphatic rings. The molecule has 0 radical (unpaired) electrons. The Morgan fingerprint density at radius 2 is 2.07 bits per heavy atom. The van der Waals surface area contributed by atoms with Gasteiger partial charge in [0.1, 0.15) is 6.61 Å². The van der Waals surface area contributed by atoms with Crippen LogP contribution in [0.25, 0.3) is 0 Å². The number of rotatable bonds is 4. The van der Waals surface area contributed by atoms with Gasteiger partial charge in [-0.1, -0.05) is 35.0 Å². The monoisotopic (exact) mass is 192 g/mol. The topological polar surface area (TPSA) is 47.6 Å². The molecule has 1 aromatic carbocycles. The summed E-state index contributed by atoms with van der Waals surface area (Å²) in [6.45, 7) is 4.39. The van der Waals surface area contributed by atoms with Crippen LogP contribution in [0.5, 0.6) is 0 Å². The fourth-order valence-electron chi connectivity index (χ4n) is 0.935. The largest absolute Gasteiger partial charge is 0.391 e. The lowest BCUT2D eigenvalue weighted by molar-refractivity contribution is 0.131. The molecule has 0 bridgehead atoms. The predicted octanol–water partition coefficient (Wildman–Crippen LogP) is 1.84. The van der Waals surface area contributed by atoms with Gasteiger partial charge in [-0.15, -0.1) is 0 Å². The molecule has 76 valence electrons. The third-order valence-corrected chi connectivity index (χ3v) is 1.72. The minimum Gasteiger partial charge on any atom is -0.391 e. The summed E-state index contributed by atoms with van der Waals surface area (Å²) in [5, 5.41) is 3.74. The van der Waals surface area contributed by atoms with E-state index in [1.165, 1.54) is 5.56 Å². The Hall–Kier alpha value is -1.35. The number of oxime groups is 1. The van der Waals surface area contributed by atoms with Gasteiger partial charge in [-0.25, -0.2) is 0 Å². The lowest BCUT2D eigenvalue weighted by Gasteiger charge is -2.00. The van der Waals surface area contributed by atoms with Crippen LogP contribution in [0.1, 0.15) is 18.1 Å². The first-order chi connectivity index (χ1) is 6.68. The predicted molar refractivity (Wildman–Crippen MR) is 58.1 cm³/mol. The molecule has 0 aliphatic carbocycles. The summed E-state index contributed by atoms with van der Waals surface area (Å²) < 4.78 is 0. The van der Waals surface area contributed by atoms with Crippen molar-refractivity contribution < 1.29 is 4.84 Å². The molecule has 14 heavy (non-hydrogen) atoms. The van der Waals surface area contributed by atoms with Crippen LogP contribution in [0.15, 0.2) is 29.4 Å². The molecule has 0 saturated heterocycles. The van der Waals surface area contributed by atoms with E-state index in [1.54, 1.807) is 6.21 Å². The molecule has 3 nitrogen and oxygen atoms in total. The summed E-state index contributed by atoms with van der Waals surface area (Å²) >= 11 is 0. The molecule has 0 heterocycles. The SMILES string of the molecule is Cc1ccc(CON=CC(C)N)cc1. The van der Waals surface area contributed by atoms with Crippen LogP contribution in [0.3, 0.4) is 0 Å². The Morgan fingerprint density at radius 3 is 2.64 bits per heavy atom. The van der Waals surface area contributed by atoms with Crippen molar-refractivity contribution in [2.45, 2.75) is 26.5 Å². The number of aryl methyl sites for hydroxylation is 1. The molecule has 0 amide bonds. The fourth-order valence-corrected chi connectivity index (χ4v) is 0.935. The summed E-state index contributed by atoms with van der Waals surface area (Å²) in [6, 6.07) is 8.09. The Bertz CT molecular complexity index is 291. The average Bonchev–Trinajstić information content (AvgIpc) is 2.15. The van der Waals surface area contributed by atoms with Gasteiger partial charge < -0.3 is 10.6 Å². The highest BCUT2D eigenvalue weighted by molar-refractivity contribution is 5.62. The molecule has 0 spiro atoms. The van der Waals surface area contributed by atoms with Crippen molar-refractivity contribution in [3.05, 3.63) is 35.4 Å². The smallest absolute Gasteiger partial charge is 0.142 e. The van der Waals surface area contributed by atoms with E-state index in [1.807, 2.05) is 31.2 Å². The molecule has 1 aromatic rings. The van der Waals surface area contributed by atoms with Crippen molar-refractivity contribution in [2.75, 3.05) is 0 Å². The first-order valence-electron chi connectivity index (χ1n) is 4.65. The number of hydrogen-bond acceptors (Lipinski definition) is 3. The second-order valence-electron chi connectivity index (χ2n) is 3.37. The van der Waals surface area contributed by atoms with Crippen LogP contribution >= 0.6 is 0 Å². The molecule has 1 atom stereocenters. The lowest BCUT2D eigenvalue weighted by Crippen LogP contribution is -2.15. The van der Waals surface area contributed by atoms with Gasteiger partial charge in [0, 0.05) is 6.04 Å². The van der Waals surface area contributed by atoms with Crippen molar-refractivity contribution in [1.29, 1.82) is 0 Å². The maximum absolute atomic E-state index is 5.46. The van der Waals surface area contributed by atoms with Crippen LogP contribution in [-0.2, 0) is 11.4 Å². The lowest BCUT2D eigenvalue weighted by atomic mass is 10.2. The molecule has 2 N–H and O–H groups in total. The summed E-state index contributed by atoms with van der Waals surface area (Å²) in [5.74, 6) is 0. The van der Waals surface area contributed by atoms with Crippen molar-refractivity contribution >= 4 is 6.21 Å². The first kappa shape index (κ1) is 10.7. The Balaban J connectivity index is 2.35. The number of nitrogens with two attached hydrogens (primary N) is 1. The fraction of sp³-hybridized carbons (Fsp3) is 0.364. The van der Waals surface area contributed by atoms with Crippen LogP contribution < -0.4 is 5.73 Å². The van der Waals surface area contributed by atoms with Crippen molar-refractivity contribution in [3.63, 3.8) is 0 Å². The minimum absolute atomic E-state index is 0.0620. The summed E-state index contributed by atoms with van der Waals surface area (Å²) in [5.41, 5.74) is 7.81. The molecule has 3 heteroatoms. The third-order valence-electron chi connectivity index (χ3n) is 1.72. The molecule has 1 rings (SSSR count). The zero-order valence-corrected chi connectivity index (χ0v) is 8.60. The molecule has 1 unspecified atom stereocenters. The molecule has 0 saturated carbocycles. The van der Waals surface area contributed by atoms with Crippen LogP contribution in [0.2, 0.25) is 0 Å². The Labute approximate surface area is 84.6 Å². The van der Waals surface area contributed by atoms with Crippen LogP contribution in [0.4, 0.5) is 0 Å². The van der Waals surface area contributed by atoms with E-state index in [0.29, 0.717) is 6.61 Å². The van der Waals surface area contributed by atoms with E-state index in [4.69, 9.17) is 10.6 Å². The number of nitrogens with zero attached hydrogens (tertiary/aromatic N) is 1. The molecule has 0 aromatic heterocycles. The Kier molecular flexibility index (Phi) is 4.13. The van der Waals surface area contributed by atoms with Crippen molar-refractivity contribution in [2.24, 2.45) is 10.9 Å². The minimum atomic E-state index is -0.0620. The molecule has 0 aliphatic heterocycles. The van der Waals surface area contributed by atoms with Gasteiger partial charge in [-0.05, 0) is 19.4 Å². The van der Waals surface area contributed by atoms with E-state index in [-0.39, 0.29) is 6.04 Å². The second-order valence-corrected chi connectivity index (χ2v) is 3.37. The number of hydrogen-bond donors (Lipinski definition) is 1. The summed E-state index contributed by atoms with van der Waals surface area (Å²) in [7, 11) is 0. The summed E-state index contributed by atoms with van der Waals surface area (Å²) in [6.07, 6.45) is 1.58. The average molecular weight is 192 g/mol. The van der Waals surface area contributed by atoms with Crippen molar-refractivity contribution in [3.8, 4) is 0 Å². The van der Waals surface area contributed by atoms with Crippen LogP contribution in [0, 0.1) is 6.92 Å². The maximum atomic E-state index is 5.46. The van der Waals surface area contributed by atoms with Gasteiger partial charge in [0.05, 0.1) is 6.21 Å². The van der Waals surface area contributed by atoms with Gasteiger partial charge in [-0.3, -0.25) is 0 Å². The highest BCUT2D eigenvalue weighted by atomic mass is 16.6. The van der Waals surface area contributed by atoms with E-state index >= 15 is 0 Å². The van der Waals surface area contributed by atoms with Gasteiger partial charge in [-0.2, -0.15) is 0 Å². The van der Waals surface area contributed by atoms with Gasteiger partial charge in [0.2, 0.25) is 0 Å². The highest BCUT2D eigenvalue weighted by Gasteiger charge is 1.91. The van der Waals surface area contributed by atoms with E-state index < -0.39 is 0 Å². The Morgan fingerprint density at radius 1 is 1.43 bits per heavy atom. The van der Waals surface area contributed by atoms with Gasteiger partial charge >= 0.3 is 0 Å². The third kappa shape index (κ3) is 4.05. The molecular formula is C11H16N2O. The first-order valence-corrected chi connectivity index (χ1v) is 4.65. The maximum Gasteiger partial charge on any atom is 0.142 e. The van der Waals surface area contributed by atoms with E-state index in [0.717, 1.165) is 5.56 Å².